The SMILES string of the molecule is CN1CCC(CCNC(=O)C2CCNCC2)CC1. The molecule has 2 saturated heterocycles. The van der Waals surface area contributed by atoms with E-state index in [2.05, 4.69) is 22.6 Å². The molecular weight excluding hydrogens is 226 g/mol. The number of hydrogen-bond acceptors (Lipinski definition) is 3. The summed E-state index contributed by atoms with van der Waals surface area (Å²) in [6.07, 6.45) is 5.74. The number of carbonyl (C=O) groups is 1. The Hall–Kier alpha value is -0.610. The molecule has 0 saturated carbocycles. The molecule has 4 heteroatoms. The lowest BCUT2D eigenvalue weighted by molar-refractivity contribution is -0.125. The van der Waals surface area contributed by atoms with Gasteiger partial charge in [-0.3, -0.25) is 4.79 Å². The molecule has 0 atom stereocenters. The number of likely N-dealkylation sites (tertiary alicyclic amines) is 1. The van der Waals surface area contributed by atoms with Gasteiger partial charge in [-0.05, 0) is 71.2 Å². The van der Waals surface area contributed by atoms with Crippen molar-refractivity contribution in [2.45, 2.75) is 32.1 Å². The molecule has 2 aliphatic rings. The molecule has 0 aromatic carbocycles. The zero-order valence-corrected chi connectivity index (χ0v) is 11.6. The highest BCUT2D eigenvalue weighted by Gasteiger charge is 2.21. The second-order valence-corrected chi connectivity index (χ2v) is 5.85. The van der Waals surface area contributed by atoms with E-state index < -0.39 is 0 Å². The highest BCUT2D eigenvalue weighted by molar-refractivity contribution is 5.78. The van der Waals surface area contributed by atoms with Crippen molar-refractivity contribution in [2.24, 2.45) is 11.8 Å². The third-order valence-electron chi connectivity index (χ3n) is 4.40. The summed E-state index contributed by atoms with van der Waals surface area (Å²) < 4.78 is 0. The minimum atomic E-state index is 0.253. The fourth-order valence-corrected chi connectivity index (χ4v) is 2.98. The smallest absolute Gasteiger partial charge is 0.223 e. The predicted molar refractivity (Wildman–Crippen MR) is 73.4 cm³/mol. The summed E-state index contributed by atoms with van der Waals surface area (Å²) in [5, 5.41) is 6.43. The molecule has 2 rings (SSSR count). The van der Waals surface area contributed by atoms with Gasteiger partial charge in [0.25, 0.3) is 0 Å². The van der Waals surface area contributed by atoms with Gasteiger partial charge in [0.05, 0.1) is 0 Å². The summed E-state index contributed by atoms with van der Waals surface area (Å²) in [4.78, 5) is 14.3. The molecule has 2 aliphatic heterocycles. The van der Waals surface area contributed by atoms with Crippen molar-refractivity contribution >= 4 is 5.91 Å². The molecule has 0 aromatic heterocycles. The van der Waals surface area contributed by atoms with Crippen LogP contribution in [0.1, 0.15) is 32.1 Å². The Morgan fingerprint density at radius 3 is 2.56 bits per heavy atom. The Labute approximate surface area is 110 Å². The summed E-state index contributed by atoms with van der Waals surface area (Å²) in [6, 6.07) is 0. The van der Waals surface area contributed by atoms with E-state index in [0.29, 0.717) is 0 Å². The monoisotopic (exact) mass is 253 g/mol. The molecule has 0 aliphatic carbocycles. The second-order valence-electron chi connectivity index (χ2n) is 5.85. The lowest BCUT2D eigenvalue weighted by atomic mass is 9.93. The van der Waals surface area contributed by atoms with Crippen LogP contribution in [0.25, 0.3) is 0 Å². The zero-order valence-electron chi connectivity index (χ0n) is 11.6. The van der Waals surface area contributed by atoms with Crippen LogP contribution in [0.15, 0.2) is 0 Å². The molecular formula is C14H27N3O. The molecule has 2 heterocycles. The molecule has 0 radical (unpaired) electrons. The summed E-state index contributed by atoms with van der Waals surface area (Å²) in [5.41, 5.74) is 0. The first-order valence-electron chi connectivity index (χ1n) is 7.42. The first-order valence-corrected chi connectivity index (χ1v) is 7.42. The van der Waals surface area contributed by atoms with Crippen LogP contribution in [-0.4, -0.2) is 50.6 Å². The number of rotatable bonds is 4. The molecule has 0 unspecified atom stereocenters. The van der Waals surface area contributed by atoms with E-state index in [0.717, 1.165) is 44.8 Å². The maximum Gasteiger partial charge on any atom is 0.223 e. The summed E-state index contributed by atoms with van der Waals surface area (Å²) in [7, 11) is 2.19. The lowest BCUT2D eigenvalue weighted by Crippen LogP contribution is -2.39. The normalized spacial score (nSPS) is 24.1. The molecule has 1 amide bonds. The molecule has 0 aromatic rings. The van der Waals surface area contributed by atoms with Crippen LogP contribution < -0.4 is 10.6 Å². The number of amides is 1. The molecule has 0 bridgehead atoms. The van der Waals surface area contributed by atoms with Gasteiger partial charge < -0.3 is 15.5 Å². The number of nitrogens with zero attached hydrogens (tertiary/aromatic N) is 1. The van der Waals surface area contributed by atoms with Crippen molar-refractivity contribution in [1.82, 2.24) is 15.5 Å². The fraction of sp³-hybridized carbons (Fsp3) is 0.929. The Kier molecular flexibility index (Phi) is 5.45. The average Bonchev–Trinajstić information content (AvgIpc) is 2.42. The van der Waals surface area contributed by atoms with Crippen LogP contribution in [0.5, 0.6) is 0 Å². The van der Waals surface area contributed by atoms with Crippen LogP contribution in [0.2, 0.25) is 0 Å². The lowest BCUT2D eigenvalue weighted by Gasteiger charge is -2.29. The van der Waals surface area contributed by atoms with Crippen LogP contribution in [0, 0.1) is 11.8 Å². The zero-order chi connectivity index (χ0) is 12.8. The first-order chi connectivity index (χ1) is 8.75. The number of nitrogens with one attached hydrogen (secondary N) is 2. The van der Waals surface area contributed by atoms with Crippen LogP contribution >= 0.6 is 0 Å². The maximum absolute atomic E-state index is 11.9. The minimum Gasteiger partial charge on any atom is -0.356 e. The van der Waals surface area contributed by atoms with E-state index in [1.165, 1.54) is 25.9 Å². The minimum absolute atomic E-state index is 0.253. The van der Waals surface area contributed by atoms with Gasteiger partial charge in [0.1, 0.15) is 0 Å². The first kappa shape index (κ1) is 13.8. The van der Waals surface area contributed by atoms with Gasteiger partial charge in [0, 0.05) is 12.5 Å². The Morgan fingerprint density at radius 1 is 1.22 bits per heavy atom. The molecule has 0 spiro atoms. The predicted octanol–water partition coefficient (Wildman–Crippen LogP) is 0.834. The Bertz CT molecular complexity index is 256. The number of hydrogen-bond donors (Lipinski definition) is 2. The highest BCUT2D eigenvalue weighted by atomic mass is 16.1. The maximum atomic E-state index is 11.9. The third kappa shape index (κ3) is 4.25. The van der Waals surface area contributed by atoms with Gasteiger partial charge in [-0.15, -0.1) is 0 Å². The summed E-state index contributed by atoms with van der Waals surface area (Å²) in [6.45, 7) is 5.29. The Morgan fingerprint density at radius 2 is 1.89 bits per heavy atom. The quantitative estimate of drug-likeness (QED) is 0.780. The van der Waals surface area contributed by atoms with Crippen LogP contribution in [0.4, 0.5) is 0 Å². The van der Waals surface area contributed by atoms with Crippen molar-refractivity contribution in [2.75, 3.05) is 39.8 Å². The van der Waals surface area contributed by atoms with Crippen molar-refractivity contribution in [3.63, 3.8) is 0 Å². The largest absolute Gasteiger partial charge is 0.356 e. The van der Waals surface area contributed by atoms with E-state index in [1.807, 2.05) is 0 Å². The van der Waals surface area contributed by atoms with Gasteiger partial charge in [0.2, 0.25) is 5.91 Å². The average molecular weight is 253 g/mol. The van der Waals surface area contributed by atoms with E-state index >= 15 is 0 Å². The van der Waals surface area contributed by atoms with E-state index in [9.17, 15) is 4.79 Å². The van der Waals surface area contributed by atoms with Crippen molar-refractivity contribution in [1.29, 1.82) is 0 Å². The van der Waals surface area contributed by atoms with Gasteiger partial charge >= 0.3 is 0 Å². The summed E-state index contributed by atoms with van der Waals surface area (Å²) >= 11 is 0. The molecule has 104 valence electrons. The number of piperidine rings is 2. The third-order valence-corrected chi connectivity index (χ3v) is 4.40. The molecule has 2 fully saturated rings. The van der Waals surface area contributed by atoms with Crippen molar-refractivity contribution in [3.8, 4) is 0 Å². The van der Waals surface area contributed by atoms with Crippen LogP contribution in [-0.2, 0) is 4.79 Å². The standard InChI is InChI=1S/C14H27N3O/c1-17-10-5-12(6-11-17)2-9-16-14(18)13-3-7-15-8-4-13/h12-13,15H,2-11H2,1H3,(H,16,18). The molecule has 2 N–H and O–H groups in total. The van der Waals surface area contributed by atoms with Gasteiger partial charge in [0.15, 0.2) is 0 Å². The number of carbonyl (C=O) groups excluding carboxylic acids is 1. The van der Waals surface area contributed by atoms with Gasteiger partial charge in [-0.25, -0.2) is 0 Å². The van der Waals surface area contributed by atoms with Crippen LogP contribution in [0.3, 0.4) is 0 Å². The van der Waals surface area contributed by atoms with Gasteiger partial charge in [-0.1, -0.05) is 0 Å². The Balaban J connectivity index is 1.58. The second kappa shape index (κ2) is 7.10. The highest BCUT2D eigenvalue weighted by Crippen LogP contribution is 2.19. The van der Waals surface area contributed by atoms with Gasteiger partial charge in [-0.2, -0.15) is 0 Å². The van der Waals surface area contributed by atoms with E-state index in [-0.39, 0.29) is 11.8 Å². The van der Waals surface area contributed by atoms with E-state index in [1.54, 1.807) is 0 Å². The summed E-state index contributed by atoms with van der Waals surface area (Å²) in [5.74, 6) is 1.35. The van der Waals surface area contributed by atoms with Crippen molar-refractivity contribution < 1.29 is 4.79 Å². The molecule has 4 nitrogen and oxygen atoms in total. The fourth-order valence-electron chi connectivity index (χ4n) is 2.98. The molecule has 18 heavy (non-hydrogen) atoms. The topological polar surface area (TPSA) is 44.4 Å². The van der Waals surface area contributed by atoms with Crippen molar-refractivity contribution in [3.05, 3.63) is 0 Å². The van der Waals surface area contributed by atoms with E-state index in [4.69, 9.17) is 0 Å².